The third-order valence-electron chi connectivity index (χ3n) is 4.27. The molecule has 0 aliphatic heterocycles. The van der Waals surface area contributed by atoms with E-state index >= 15 is 0 Å². The summed E-state index contributed by atoms with van der Waals surface area (Å²) in [6.45, 7) is 2.28. The van der Waals surface area contributed by atoms with E-state index < -0.39 is 0 Å². The lowest BCUT2D eigenvalue weighted by molar-refractivity contribution is 0.258. The number of hydrogen-bond acceptors (Lipinski definition) is 3. The predicted octanol–water partition coefficient (Wildman–Crippen LogP) is 3.28. The third-order valence-corrected chi connectivity index (χ3v) is 4.27. The smallest absolute Gasteiger partial charge is 0.123 e. The Bertz CT molecular complexity index is 411. The van der Waals surface area contributed by atoms with E-state index in [1.54, 1.807) is 14.2 Å². The normalized spacial score (nSPS) is 19.6. The molecule has 1 aromatic carbocycles. The highest BCUT2D eigenvalue weighted by molar-refractivity contribution is 5.43. The van der Waals surface area contributed by atoms with Gasteiger partial charge in [0.15, 0.2) is 0 Å². The maximum atomic E-state index is 6.50. The molecule has 3 heteroatoms. The van der Waals surface area contributed by atoms with Crippen LogP contribution < -0.4 is 15.2 Å². The summed E-state index contributed by atoms with van der Waals surface area (Å²) in [4.78, 5) is 0. The Hall–Kier alpha value is -1.22. The Morgan fingerprint density at radius 3 is 2.39 bits per heavy atom. The Labute approximate surface area is 109 Å². The third kappa shape index (κ3) is 2.32. The molecule has 0 radical (unpaired) electrons. The van der Waals surface area contributed by atoms with Crippen LogP contribution in [0.25, 0.3) is 0 Å². The number of ether oxygens (including phenoxy) is 2. The lowest BCUT2D eigenvalue weighted by Crippen LogP contribution is -2.29. The first kappa shape index (κ1) is 13.2. The van der Waals surface area contributed by atoms with Crippen LogP contribution in [0.2, 0.25) is 0 Å². The molecule has 18 heavy (non-hydrogen) atoms. The zero-order chi connectivity index (χ0) is 13.2. The van der Waals surface area contributed by atoms with Crippen molar-refractivity contribution in [2.75, 3.05) is 14.2 Å². The fraction of sp³-hybridized carbons (Fsp3) is 0.600. The van der Waals surface area contributed by atoms with Crippen molar-refractivity contribution >= 4 is 0 Å². The van der Waals surface area contributed by atoms with Gasteiger partial charge in [-0.3, -0.25) is 0 Å². The topological polar surface area (TPSA) is 44.5 Å². The van der Waals surface area contributed by atoms with Crippen LogP contribution in [0, 0.1) is 5.41 Å². The molecule has 1 aliphatic rings. The average Bonchev–Trinajstić information content (AvgIpc) is 2.85. The quantitative estimate of drug-likeness (QED) is 0.890. The van der Waals surface area contributed by atoms with Crippen LogP contribution in [0.1, 0.15) is 44.2 Å². The summed E-state index contributed by atoms with van der Waals surface area (Å²) in [7, 11) is 3.36. The van der Waals surface area contributed by atoms with E-state index in [4.69, 9.17) is 15.2 Å². The van der Waals surface area contributed by atoms with Gasteiger partial charge in [0, 0.05) is 11.6 Å². The van der Waals surface area contributed by atoms with Crippen LogP contribution in [0.4, 0.5) is 0 Å². The maximum Gasteiger partial charge on any atom is 0.123 e. The molecule has 1 atom stereocenters. The minimum Gasteiger partial charge on any atom is -0.497 e. The second-order valence-electron chi connectivity index (χ2n) is 5.45. The monoisotopic (exact) mass is 249 g/mol. The summed E-state index contributed by atoms with van der Waals surface area (Å²) in [5.74, 6) is 1.69. The fourth-order valence-corrected chi connectivity index (χ4v) is 2.95. The van der Waals surface area contributed by atoms with Crippen LogP contribution in [0.15, 0.2) is 18.2 Å². The van der Waals surface area contributed by atoms with Crippen molar-refractivity contribution in [3.8, 4) is 11.5 Å². The minimum atomic E-state index is 0.00468. The van der Waals surface area contributed by atoms with Crippen LogP contribution in [0.5, 0.6) is 11.5 Å². The zero-order valence-electron chi connectivity index (χ0n) is 11.5. The molecule has 1 aliphatic carbocycles. The molecule has 0 bridgehead atoms. The van der Waals surface area contributed by atoms with E-state index in [0.717, 1.165) is 17.1 Å². The second-order valence-corrected chi connectivity index (χ2v) is 5.45. The molecule has 1 aromatic rings. The first-order valence-corrected chi connectivity index (χ1v) is 6.58. The Balaban J connectivity index is 2.35. The summed E-state index contributed by atoms with van der Waals surface area (Å²) >= 11 is 0. The Morgan fingerprint density at radius 1 is 1.17 bits per heavy atom. The van der Waals surface area contributed by atoms with Crippen molar-refractivity contribution in [3.63, 3.8) is 0 Å². The molecular formula is C15H23NO2. The predicted molar refractivity (Wildman–Crippen MR) is 73.0 cm³/mol. The number of benzene rings is 1. The van der Waals surface area contributed by atoms with Crippen molar-refractivity contribution in [2.45, 2.75) is 38.6 Å². The lowest BCUT2D eigenvalue weighted by Gasteiger charge is -2.32. The van der Waals surface area contributed by atoms with Crippen molar-refractivity contribution in [1.82, 2.24) is 0 Å². The van der Waals surface area contributed by atoms with Crippen molar-refractivity contribution < 1.29 is 9.47 Å². The molecule has 3 nitrogen and oxygen atoms in total. The van der Waals surface area contributed by atoms with E-state index in [1.807, 2.05) is 18.2 Å². The van der Waals surface area contributed by atoms with Crippen molar-refractivity contribution in [3.05, 3.63) is 23.8 Å². The van der Waals surface area contributed by atoms with Gasteiger partial charge in [-0.15, -0.1) is 0 Å². The van der Waals surface area contributed by atoms with E-state index in [1.165, 1.54) is 25.7 Å². The first-order chi connectivity index (χ1) is 8.60. The summed E-state index contributed by atoms with van der Waals surface area (Å²) in [6.07, 6.45) is 4.93. The Kier molecular flexibility index (Phi) is 3.81. The van der Waals surface area contributed by atoms with Crippen LogP contribution in [0.3, 0.4) is 0 Å². The molecule has 2 N–H and O–H groups in total. The van der Waals surface area contributed by atoms with Crippen LogP contribution in [-0.2, 0) is 0 Å². The van der Waals surface area contributed by atoms with Gasteiger partial charge >= 0.3 is 0 Å². The zero-order valence-corrected chi connectivity index (χ0v) is 11.5. The molecule has 0 saturated heterocycles. The molecule has 2 rings (SSSR count). The fourth-order valence-electron chi connectivity index (χ4n) is 2.95. The number of hydrogen-bond donors (Lipinski definition) is 1. The van der Waals surface area contributed by atoms with Gasteiger partial charge in [-0.25, -0.2) is 0 Å². The number of methoxy groups -OCH3 is 2. The van der Waals surface area contributed by atoms with Crippen LogP contribution in [-0.4, -0.2) is 14.2 Å². The highest BCUT2D eigenvalue weighted by atomic mass is 16.5. The van der Waals surface area contributed by atoms with Gasteiger partial charge in [-0.05, 0) is 36.5 Å². The highest BCUT2D eigenvalue weighted by Crippen LogP contribution is 2.48. The van der Waals surface area contributed by atoms with E-state index in [0.29, 0.717) is 0 Å². The molecule has 100 valence electrons. The first-order valence-electron chi connectivity index (χ1n) is 6.58. The minimum absolute atomic E-state index is 0.00468. The summed E-state index contributed by atoms with van der Waals surface area (Å²) in [5.41, 5.74) is 7.74. The molecule has 0 heterocycles. The van der Waals surface area contributed by atoms with Gasteiger partial charge in [0.2, 0.25) is 0 Å². The van der Waals surface area contributed by atoms with E-state index in [2.05, 4.69) is 6.92 Å². The molecule has 1 saturated carbocycles. The standard InChI is InChI=1S/C15H23NO2/c1-15(8-4-5-9-15)14(16)12-10-11(17-2)6-7-13(12)18-3/h6-7,10,14H,4-5,8-9,16H2,1-3H3. The van der Waals surface area contributed by atoms with Gasteiger partial charge in [0.05, 0.1) is 14.2 Å². The van der Waals surface area contributed by atoms with Gasteiger partial charge in [0.25, 0.3) is 0 Å². The lowest BCUT2D eigenvalue weighted by atomic mass is 9.77. The van der Waals surface area contributed by atoms with Crippen molar-refractivity contribution in [2.24, 2.45) is 11.1 Å². The molecular weight excluding hydrogens is 226 g/mol. The average molecular weight is 249 g/mol. The number of nitrogens with two attached hydrogens (primary N) is 1. The maximum absolute atomic E-state index is 6.50. The van der Waals surface area contributed by atoms with E-state index in [-0.39, 0.29) is 11.5 Å². The summed E-state index contributed by atoms with van der Waals surface area (Å²) < 4.78 is 10.7. The molecule has 0 spiro atoms. The molecule has 1 unspecified atom stereocenters. The molecule has 1 fully saturated rings. The van der Waals surface area contributed by atoms with Gasteiger partial charge in [-0.1, -0.05) is 19.8 Å². The summed E-state index contributed by atoms with van der Waals surface area (Å²) in [6, 6.07) is 5.86. The SMILES string of the molecule is COc1ccc(OC)c(C(N)C2(C)CCCC2)c1. The Morgan fingerprint density at radius 2 is 1.83 bits per heavy atom. The van der Waals surface area contributed by atoms with Crippen LogP contribution >= 0.6 is 0 Å². The van der Waals surface area contributed by atoms with Crippen molar-refractivity contribution in [1.29, 1.82) is 0 Å². The summed E-state index contributed by atoms with van der Waals surface area (Å²) in [5, 5.41) is 0. The highest BCUT2D eigenvalue weighted by Gasteiger charge is 2.37. The molecule has 0 amide bonds. The van der Waals surface area contributed by atoms with Gasteiger partial charge < -0.3 is 15.2 Å². The van der Waals surface area contributed by atoms with Gasteiger partial charge in [0.1, 0.15) is 11.5 Å². The van der Waals surface area contributed by atoms with Gasteiger partial charge in [-0.2, -0.15) is 0 Å². The number of rotatable bonds is 4. The van der Waals surface area contributed by atoms with E-state index in [9.17, 15) is 0 Å². The molecule has 0 aromatic heterocycles. The second kappa shape index (κ2) is 5.19. The largest absolute Gasteiger partial charge is 0.497 e.